The number of hydrogen-bond donors (Lipinski definition) is 1. The highest BCUT2D eigenvalue weighted by Crippen LogP contribution is 2.41. The molecule has 3 aromatic rings. The van der Waals surface area contributed by atoms with E-state index in [1.165, 1.54) is 21.3 Å². The monoisotopic (exact) mass is 413 g/mol. The van der Waals surface area contributed by atoms with Crippen LogP contribution in [0.25, 0.3) is 11.5 Å². The molecule has 30 heavy (non-hydrogen) atoms. The van der Waals surface area contributed by atoms with Crippen LogP contribution in [-0.2, 0) is 4.79 Å². The molecule has 1 N–H and O–H groups in total. The van der Waals surface area contributed by atoms with E-state index in [9.17, 15) is 4.79 Å². The molecule has 4 rings (SSSR count). The van der Waals surface area contributed by atoms with Crippen molar-refractivity contribution in [1.82, 2.24) is 10.2 Å². The smallest absolute Gasteiger partial charge is 0.322 e. The molecule has 156 valence electrons. The van der Waals surface area contributed by atoms with E-state index in [0.29, 0.717) is 34.3 Å². The number of amides is 1. The van der Waals surface area contributed by atoms with E-state index in [0.717, 1.165) is 0 Å². The van der Waals surface area contributed by atoms with Crippen LogP contribution in [0.5, 0.6) is 28.7 Å². The highest BCUT2D eigenvalue weighted by Gasteiger charge is 2.28. The van der Waals surface area contributed by atoms with Crippen molar-refractivity contribution in [3.05, 3.63) is 36.4 Å². The fraction of sp³-hybridized carbons (Fsp3) is 0.250. The summed E-state index contributed by atoms with van der Waals surface area (Å²) < 4.78 is 32.7. The van der Waals surface area contributed by atoms with Gasteiger partial charge in [-0.15, -0.1) is 5.10 Å². The van der Waals surface area contributed by atoms with E-state index in [-0.39, 0.29) is 18.5 Å². The number of carbonyl (C=O) groups is 1. The number of nitrogens with zero attached hydrogens (tertiary/aromatic N) is 2. The second kappa shape index (κ2) is 8.19. The number of anilines is 1. The Morgan fingerprint density at radius 1 is 1.03 bits per heavy atom. The summed E-state index contributed by atoms with van der Waals surface area (Å²) in [5.74, 6) is 2.08. The lowest BCUT2D eigenvalue weighted by atomic mass is 10.2. The van der Waals surface area contributed by atoms with Crippen molar-refractivity contribution < 1.29 is 32.9 Å². The normalized spacial score (nSPS) is 14.7. The van der Waals surface area contributed by atoms with Gasteiger partial charge in [0.2, 0.25) is 17.7 Å². The molecule has 0 fully saturated rings. The van der Waals surface area contributed by atoms with Gasteiger partial charge in [-0.2, -0.15) is 0 Å². The molecule has 10 nitrogen and oxygen atoms in total. The molecular formula is C20H19N3O7. The maximum Gasteiger partial charge on any atom is 0.322 e. The number of methoxy groups -OCH3 is 3. The third-order valence-electron chi connectivity index (χ3n) is 4.37. The van der Waals surface area contributed by atoms with Crippen LogP contribution in [0.2, 0.25) is 0 Å². The number of carbonyl (C=O) groups excluding carboxylic acids is 1. The first kappa shape index (κ1) is 19.4. The number of nitrogens with one attached hydrogen (secondary N) is 1. The van der Waals surface area contributed by atoms with Gasteiger partial charge < -0.3 is 28.1 Å². The number of benzene rings is 2. The molecule has 1 atom stereocenters. The van der Waals surface area contributed by atoms with Gasteiger partial charge in [0.15, 0.2) is 23.0 Å². The Kier molecular flexibility index (Phi) is 5.29. The first-order valence-electron chi connectivity index (χ1n) is 8.96. The second-order valence-corrected chi connectivity index (χ2v) is 6.18. The van der Waals surface area contributed by atoms with Crippen LogP contribution in [0.1, 0.15) is 0 Å². The summed E-state index contributed by atoms with van der Waals surface area (Å²) in [5, 5.41) is 10.4. The Morgan fingerprint density at radius 2 is 1.73 bits per heavy atom. The minimum atomic E-state index is -0.851. The first-order chi connectivity index (χ1) is 14.6. The molecule has 0 radical (unpaired) electrons. The molecule has 10 heteroatoms. The Labute approximate surface area is 171 Å². The van der Waals surface area contributed by atoms with Crippen LogP contribution in [0.15, 0.2) is 40.8 Å². The minimum Gasteiger partial charge on any atom is -0.493 e. The lowest BCUT2D eigenvalue weighted by Gasteiger charge is -2.24. The van der Waals surface area contributed by atoms with Gasteiger partial charge in [0.25, 0.3) is 5.91 Å². The molecule has 2 aromatic carbocycles. The molecule has 2 heterocycles. The van der Waals surface area contributed by atoms with E-state index < -0.39 is 12.0 Å². The Bertz CT molecular complexity index is 1040. The molecule has 1 amide bonds. The fourth-order valence-corrected chi connectivity index (χ4v) is 2.93. The predicted octanol–water partition coefficient (Wildman–Crippen LogP) is 2.54. The maximum atomic E-state index is 12.5. The van der Waals surface area contributed by atoms with Gasteiger partial charge in [0.1, 0.15) is 6.61 Å². The van der Waals surface area contributed by atoms with Crippen LogP contribution < -0.4 is 29.0 Å². The summed E-state index contributed by atoms with van der Waals surface area (Å²) in [6.45, 7) is 0.0662. The molecule has 1 aliphatic heterocycles. The number of rotatable bonds is 6. The van der Waals surface area contributed by atoms with Crippen molar-refractivity contribution >= 4 is 11.9 Å². The van der Waals surface area contributed by atoms with E-state index >= 15 is 0 Å². The van der Waals surface area contributed by atoms with Crippen molar-refractivity contribution in [2.75, 3.05) is 33.3 Å². The zero-order chi connectivity index (χ0) is 21.1. The molecule has 0 spiro atoms. The summed E-state index contributed by atoms with van der Waals surface area (Å²) in [6.07, 6.45) is -0.851. The molecule has 0 aliphatic carbocycles. The van der Waals surface area contributed by atoms with Gasteiger partial charge >= 0.3 is 6.01 Å². The van der Waals surface area contributed by atoms with Gasteiger partial charge in [0, 0.05) is 5.56 Å². The highest BCUT2D eigenvalue weighted by molar-refractivity contribution is 5.93. The van der Waals surface area contributed by atoms with Gasteiger partial charge in [-0.25, -0.2) is 0 Å². The van der Waals surface area contributed by atoms with Gasteiger partial charge in [0.05, 0.1) is 21.3 Å². The largest absolute Gasteiger partial charge is 0.493 e. The van der Waals surface area contributed by atoms with Crippen molar-refractivity contribution in [3.63, 3.8) is 0 Å². The second-order valence-electron chi connectivity index (χ2n) is 6.18. The summed E-state index contributed by atoms with van der Waals surface area (Å²) in [7, 11) is 4.52. The lowest BCUT2D eigenvalue weighted by Crippen LogP contribution is -2.40. The van der Waals surface area contributed by atoms with Crippen molar-refractivity contribution in [2.24, 2.45) is 0 Å². The maximum absolute atomic E-state index is 12.5. The SMILES string of the molecule is COc1cc(-c2nnc(NC(=O)C3COc4ccccc4O3)o2)cc(OC)c1OC. The summed E-state index contributed by atoms with van der Waals surface area (Å²) in [4.78, 5) is 12.5. The zero-order valence-corrected chi connectivity index (χ0v) is 16.5. The third-order valence-corrected chi connectivity index (χ3v) is 4.37. The van der Waals surface area contributed by atoms with Gasteiger partial charge in [-0.1, -0.05) is 17.2 Å². The van der Waals surface area contributed by atoms with E-state index in [4.69, 9.17) is 28.1 Å². The standard InChI is InChI=1S/C20H19N3O7/c1-25-14-8-11(9-15(26-2)17(14)27-3)19-22-23-20(30-19)21-18(24)16-10-28-12-6-4-5-7-13(12)29-16/h4-9,16H,10H2,1-3H3,(H,21,23,24). The molecular weight excluding hydrogens is 394 g/mol. The topological polar surface area (TPSA) is 114 Å². The highest BCUT2D eigenvalue weighted by atomic mass is 16.6. The van der Waals surface area contributed by atoms with Crippen LogP contribution in [0.4, 0.5) is 6.01 Å². The Morgan fingerprint density at radius 3 is 2.40 bits per heavy atom. The molecule has 0 saturated heterocycles. The predicted molar refractivity (Wildman–Crippen MR) is 104 cm³/mol. The third kappa shape index (κ3) is 3.66. The van der Waals surface area contributed by atoms with Crippen molar-refractivity contribution in [2.45, 2.75) is 6.10 Å². The number of fused-ring (bicyclic) bond motifs is 1. The van der Waals surface area contributed by atoms with E-state index in [1.54, 1.807) is 30.3 Å². The molecule has 1 aliphatic rings. The number of para-hydroxylation sites is 2. The zero-order valence-electron chi connectivity index (χ0n) is 16.5. The Hall–Kier alpha value is -3.95. The minimum absolute atomic E-state index is 0.0662. The van der Waals surface area contributed by atoms with Crippen LogP contribution in [-0.4, -0.2) is 50.1 Å². The van der Waals surface area contributed by atoms with E-state index in [2.05, 4.69) is 15.5 Å². The summed E-state index contributed by atoms with van der Waals surface area (Å²) >= 11 is 0. The van der Waals surface area contributed by atoms with Crippen LogP contribution in [0.3, 0.4) is 0 Å². The summed E-state index contributed by atoms with van der Waals surface area (Å²) in [6, 6.07) is 10.4. The fourth-order valence-electron chi connectivity index (χ4n) is 2.93. The average Bonchev–Trinajstić information content (AvgIpc) is 3.26. The quantitative estimate of drug-likeness (QED) is 0.651. The summed E-state index contributed by atoms with van der Waals surface area (Å²) in [5.41, 5.74) is 0.531. The molecule has 1 unspecified atom stereocenters. The van der Waals surface area contributed by atoms with E-state index in [1.807, 2.05) is 6.07 Å². The van der Waals surface area contributed by atoms with Crippen LogP contribution in [0, 0.1) is 0 Å². The average molecular weight is 413 g/mol. The van der Waals surface area contributed by atoms with Gasteiger partial charge in [-0.05, 0) is 24.3 Å². The number of ether oxygens (including phenoxy) is 5. The molecule has 0 saturated carbocycles. The van der Waals surface area contributed by atoms with Gasteiger partial charge in [-0.3, -0.25) is 10.1 Å². The number of aromatic nitrogens is 2. The number of hydrogen-bond acceptors (Lipinski definition) is 9. The molecule has 0 bridgehead atoms. The van der Waals surface area contributed by atoms with Crippen LogP contribution >= 0.6 is 0 Å². The van der Waals surface area contributed by atoms with Crippen molar-refractivity contribution in [1.29, 1.82) is 0 Å². The van der Waals surface area contributed by atoms with Crippen molar-refractivity contribution in [3.8, 4) is 40.2 Å². The first-order valence-corrected chi connectivity index (χ1v) is 8.96. The molecule has 1 aromatic heterocycles. The Balaban J connectivity index is 1.50. The lowest BCUT2D eigenvalue weighted by molar-refractivity contribution is -0.125.